The van der Waals surface area contributed by atoms with Gasteiger partial charge in [-0.15, -0.1) is 0 Å². The Bertz CT molecular complexity index is 1530. The zero-order valence-corrected chi connectivity index (χ0v) is 23.8. The lowest BCUT2D eigenvalue weighted by Crippen LogP contribution is -2.43. The van der Waals surface area contributed by atoms with Gasteiger partial charge in [0.05, 0.1) is 31.6 Å². The summed E-state index contributed by atoms with van der Waals surface area (Å²) in [4.78, 5) is 45.6. The number of fused-ring (bicyclic) bond motifs is 3. The van der Waals surface area contributed by atoms with E-state index in [9.17, 15) is 14.4 Å². The topological polar surface area (TPSA) is 162 Å². The molecule has 1 N–H and O–H groups in total. The van der Waals surface area contributed by atoms with Gasteiger partial charge in [-0.1, -0.05) is 0 Å². The van der Waals surface area contributed by atoms with E-state index in [0.717, 1.165) is 24.4 Å². The number of carboxylic acid groups (broad SMARTS) is 1. The maximum Gasteiger partial charge on any atom is 0.420 e. The minimum absolute atomic E-state index is 0.148. The zero-order valence-electron chi connectivity index (χ0n) is 23.8. The zero-order chi connectivity index (χ0) is 29.9. The number of hydrogen-bond acceptors (Lipinski definition) is 10. The van der Waals surface area contributed by atoms with E-state index in [1.807, 2.05) is 4.68 Å². The van der Waals surface area contributed by atoms with Crippen LogP contribution >= 0.6 is 0 Å². The molecule has 0 spiro atoms. The summed E-state index contributed by atoms with van der Waals surface area (Å²) in [6, 6.07) is 4.04. The normalized spacial score (nSPS) is 15.6. The Morgan fingerprint density at radius 2 is 1.98 bits per heavy atom. The summed E-state index contributed by atoms with van der Waals surface area (Å²) in [5, 5.41) is 21.1. The van der Waals surface area contributed by atoms with Gasteiger partial charge in [0.2, 0.25) is 0 Å². The maximum atomic E-state index is 12.9. The third kappa shape index (κ3) is 6.49. The van der Waals surface area contributed by atoms with E-state index in [2.05, 4.69) is 16.1 Å². The van der Waals surface area contributed by atoms with E-state index in [4.69, 9.17) is 29.6 Å². The minimum atomic E-state index is -1.29. The number of ether oxygens (including phenoxy) is 3. The van der Waals surface area contributed by atoms with Gasteiger partial charge in [-0.25, -0.2) is 33.6 Å². The van der Waals surface area contributed by atoms with Crippen LogP contribution in [0.3, 0.4) is 0 Å². The van der Waals surface area contributed by atoms with Crippen LogP contribution in [0.25, 0.3) is 22.1 Å². The van der Waals surface area contributed by atoms with Crippen molar-refractivity contribution in [3.8, 4) is 6.07 Å². The van der Waals surface area contributed by atoms with Gasteiger partial charge in [-0.2, -0.15) is 5.26 Å². The molecule has 1 atom stereocenters. The van der Waals surface area contributed by atoms with Crippen LogP contribution in [0.2, 0.25) is 0 Å². The second kappa shape index (κ2) is 12.0. The van der Waals surface area contributed by atoms with Gasteiger partial charge < -0.3 is 24.3 Å². The van der Waals surface area contributed by atoms with Gasteiger partial charge in [-0.3, -0.25) is 0 Å². The van der Waals surface area contributed by atoms with Crippen LogP contribution in [0, 0.1) is 17.2 Å². The highest BCUT2D eigenvalue weighted by atomic mass is 16.6. The van der Waals surface area contributed by atoms with Gasteiger partial charge in [0.15, 0.2) is 11.5 Å². The second-order valence-corrected chi connectivity index (χ2v) is 10.9. The van der Waals surface area contributed by atoms with Crippen LogP contribution in [0.1, 0.15) is 58.9 Å². The number of hydrogen-bond donors (Lipinski definition) is 1. The van der Waals surface area contributed by atoms with Crippen molar-refractivity contribution in [3.05, 3.63) is 35.9 Å². The number of carboxylic acids is 1. The van der Waals surface area contributed by atoms with E-state index >= 15 is 0 Å². The van der Waals surface area contributed by atoms with E-state index in [1.54, 1.807) is 46.2 Å². The monoisotopic (exact) mass is 566 g/mol. The largest absolute Gasteiger partial charge is 0.478 e. The Hall–Kier alpha value is -4.44. The Balaban J connectivity index is 1.78. The lowest BCUT2D eigenvalue weighted by Gasteiger charge is -2.35. The molecule has 218 valence electrons. The molecule has 1 aliphatic heterocycles. The number of esters is 1. The lowest BCUT2D eigenvalue weighted by molar-refractivity contribution is -0.138. The summed E-state index contributed by atoms with van der Waals surface area (Å²) < 4.78 is 19.5. The number of carbonyl (C=O) groups is 3. The molecule has 3 aromatic rings. The molecule has 0 amide bonds. The molecule has 1 unspecified atom stereocenters. The Labute approximate surface area is 236 Å². The fourth-order valence-corrected chi connectivity index (χ4v) is 4.84. The molecule has 3 aromatic heterocycles. The van der Waals surface area contributed by atoms with Crippen LogP contribution in [0.4, 0.5) is 4.79 Å². The molecule has 0 aromatic carbocycles. The van der Waals surface area contributed by atoms with Gasteiger partial charge in [0.25, 0.3) is 0 Å². The summed E-state index contributed by atoms with van der Waals surface area (Å²) in [6.07, 6.45) is 4.83. The summed E-state index contributed by atoms with van der Waals surface area (Å²) in [5.74, 6) is -1.29. The average molecular weight is 567 g/mol. The van der Waals surface area contributed by atoms with Crippen LogP contribution in [-0.4, -0.2) is 74.8 Å². The first-order valence-corrected chi connectivity index (χ1v) is 13.3. The number of imidazole rings is 1. The summed E-state index contributed by atoms with van der Waals surface area (Å²) >= 11 is 0. The molecule has 41 heavy (non-hydrogen) atoms. The second-order valence-electron chi connectivity index (χ2n) is 10.9. The Morgan fingerprint density at radius 1 is 1.27 bits per heavy atom. The number of aliphatic carboxylic acids is 1. The standard InChI is InChI=1S/C28H34N6O7/c1-17(40-16-19(14-22(35)36)26(37)39-5)24-31-21-15-30-25-20(9-13-33(25)27(38)41-28(2,3)4)23(21)34(24)32-11-7-18(6-10-29)8-12-32/h9,13-15,17-18H,6-8,11-12,16H2,1-5H3,(H,35,36)/b19-14+. The average Bonchev–Trinajstić information content (AvgIpc) is 3.52. The van der Waals surface area contributed by atoms with Crippen molar-refractivity contribution in [3.63, 3.8) is 0 Å². The molecule has 0 aliphatic carbocycles. The molecule has 13 nitrogen and oxygen atoms in total. The number of rotatable bonds is 8. The fraction of sp³-hybridized carbons (Fsp3) is 0.500. The number of piperidine rings is 1. The minimum Gasteiger partial charge on any atom is -0.478 e. The Morgan fingerprint density at radius 3 is 2.59 bits per heavy atom. The number of methoxy groups -OCH3 is 1. The van der Waals surface area contributed by atoms with Crippen molar-refractivity contribution in [1.29, 1.82) is 5.26 Å². The summed E-state index contributed by atoms with van der Waals surface area (Å²) in [5.41, 5.74) is 0.856. The fourth-order valence-electron chi connectivity index (χ4n) is 4.84. The number of carbonyl (C=O) groups excluding carboxylic acids is 2. The molecular weight excluding hydrogens is 532 g/mol. The van der Waals surface area contributed by atoms with Crippen LogP contribution in [0.5, 0.6) is 0 Å². The van der Waals surface area contributed by atoms with Crippen molar-refractivity contribution in [2.75, 3.05) is 31.8 Å². The van der Waals surface area contributed by atoms with Crippen molar-refractivity contribution >= 4 is 40.1 Å². The molecule has 0 bridgehead atoms. The Kier molecular flexibility index (Phi) is 8.63. The van der Waals surface area contributed by atoms with Gasteiger partial charge in [0.1, 0.15) is 22.7 Å². The highest BCUT2D eigenvalue weighted by Gasteiger charge is 2.29. The quantitative estimate of drug-likeness (QED) is 0.312. The van der Waals surface area contributed by atoms with Gasteiger partial charge >= 0.3 is 18.0 Å². The van der Waals surface area contributed by atoms with E-state index in [0.29, 0.717) is 47.8 Å². The molecule has 1 saturated heterocycles. The van der Waals surface area contributed by atoms with Crippen LogP contribution < -0.4 is 5.01 Å². The summed E-state index contributed by atoms with van der Waals surface area (Å²) in [6.45, 7) is 8.12. The predicted octanol–water partition coefficient (Wildman–Crippen LogP) is 3.69. The highest BCUT2D eigenvalue weighted by molar-refractivity contribution is 6.04. The highest BCUT2D eigenvalue weighted by Crippen LogP contribution is 2.31. The molecule has 4 rings (SSSR count). The molecular formula is C28H34N6O7. The molecule has 13 heteroatoms. The first-order chi connectivity index (χ1) is 19.4. The number of pyridine rings is 1. The van der Waals surface area contributed by atoms with Crippen LogP contribution in [-0.2, 0) is 23.8 Å². The van der Waals surface area contributed by atoms with E-state index in [1.165, 1.54) is 11.7 Å². The van der Waals surface area contributed by atoms with E-state index < -0.39 is 29.7 Å². The molecule has 1 fully saturated rings. The number of nitriles is 1. The molecule has 0 saturated carbocycles. The van der Waals surface area contributed by atoms with Crippen molar-refractivity contribution in [2.24, 2.45) is 5.92 Å². The number of nitrogens with zero attached hydrogens (tertiary/aromatic N) is 6. The maximum absolute atomic E-state index is 12.9. The van der Waals surface area contributed by atoms with E-state index in [-0.39, 0.29) is 12.2 Å². The van der Waals surface area contributed by atoms with Gasteiger partial charge in [-0.05, 0) is 52.5 Å². The number of aromatic nitrogens is 4. The smallest absolute Gasteiger partial charge is 0.420 e. The van der Waals surface area contributed by atoms with Crippen molar-refractivity contribution < 1.29 is 33.7 Å². The lowest BCUT2D eigenvalue weighted by atomic mass is 9.95. The molecule has 1 aliphatic rings. The SMILES string of the molecule is COC(=O)/C(=C/C(=O)O)COC(C)c1nc2cnc3c(ccn3C(=O)OC(C)(C)C)c2n1N1CCC(CC#N)CC1. The molecule has 4 heterocycles. The predicted molar refractivity (Wildman–Crippen MR) is 148 cm³/mol. The van der Waals surface area contributed by atoms with Gasteiger partial charge in [0, 0.05) is 37.2 Å². The first-order valence-electron chi connectivity index (χ1n) is 13.3. The first kappa shape index (κ1) is 29.5. The van der Waals surface area contributed by atoms with Crippen molar-refractivity contribution in [1.82, 2.24) is 19.2 Å². The molecule has 0 radical (unpaired) electrons. The summed E-state index contributed by atoms with van der Waals surface area (Å²) in [7, 11) is 1.17. The van der Waals surface area contributed by atoms with Crippen LogP contribution in [0.15, 0.2) is 30.1 Å². The van der Waals surface area contributed by atoms with Crippen molar-refractivity contribution in [2.45, 2.75) is 58.7 Å². The third-order valence-electron chi connectivity index (χ3n) is 6.77. The third-order valence-corrected chi connectivity index (χ3v) is 6.77.